The summed E-state index contributed by atoms with van der Waals surface area (Å²) >= 11 is 12.5. The van der Waals surface area contributed by atoms with E-state index in [-0.39, 0.29) is 55.9 Å². The van der Waals surface area contributed by atoms with Crippen LogP contribution in [0.15, 0.2) is 72.8 Å². The molecule has 1 fully saturated rings. The van der Waals surface area contributed by atoms with Gasteiger partial charge in [-0.25, -0.2) is 12.8 Å². The summed E-state index contributed by atoms with van der Waals surface area (Å²) in [5.74, 6) is -1.25. The number of para-hydroxylation sites is 1. The molecule has 0 saturated heterocycles. The van der Waals surface area contributed by atoms with Gasteiger partial charge in [-0.15, -0.1) is 0 Å². The summed E-state index contributed by atoms with van der Waals surface area (Å²) in [6.45, 7) is -0.0157. The molecule has 4 rings (SSSR count). The molecule has 0 aliphatic heterocycles. The van der Waals surface area contributed by atoms with Crippen molar-refractivity contribution in [2.45, 2.75) is 70.0 Å². The highest BCUT2D eigenvalue weighted by Gasteiger charge is 2.32. The van der Waals surface area contributed by atoms with Crippen molar-refractivity contribution in [2.24, 2.45) is 0 Å². The average Bonchev–Trinajstić information content (AvgIpc) is 2.99. The zero-order valence-corrected chi connectivity index (χ0v) is 27.1. The van der Waals surface area contributed by atoms with Crippen molar-refractivity contribution < 1.29 is 22.4 Å². The van der Waals surface area contributed by atoms with Crippen molar-refractivity contribution in [3.8, 4) is 0 Å². The summed E-state index contributed by atoms with van der Waals surface area (Å²) in [7, 11) is -3.83. The lowest BCUT2D eigenvalue weighted by Gasteiger charge is -2.34. The van der Waals surface area contributed by atoms with Crippen molar-refractivity contribution in [1.82, 2.24) is 10.2 Å². The Morgan fingerprint density at radius 1 is 0.932 bits per heavy atom. The van der Waals surface area contributed by atoms with Gasteiger partial charge in [0.2, 0.25) is 21.8 Å². The van der Waals surface area contributed by atoms with E-state index in [9.17, 15) is 22.4 Å². The normalized spacial score (nSPS) is 14.5. The number of carbonyl (C=O) groups excluding carboxylic acids is 2. The number of amides is 2. The van der Waals surface area contributed by atoms with Crippen LogP contribution in [0.4, 0.5) is 10.1 Å². The van der Waals surface area contributed by atoms with E-state index in [0.29, 0.717) is 15.6 Å². The minimum Gasteiger partial charge on any atom is -0.352 e. The lowest BCUT2D eigenvalue weighted by molar-refractivity contribution is -0.141. The monoisotopic (exact) mass is 661 g/mol. The molecule has 0 radical (unpaired) electrons. The molecular formula is C33H38Cl2FN3O4S. The lowest BCUT2D eigenvalue weighted by Crippen LogP contribution is -2.53. The number of benzene rings is 3. The van der Waals surface area contributed by atoms with Gasteiger partial charge in [0.15, 0.2) is 0 Å². The highest BCUT2D eigenvalue weighted by molar-refractivity contribution is 7.92. The average molecular weight is 663 g/mol. The van der Waals surface area contributed by atoms with Crippen LogP contribution in [0.2, 0.25) is 10.0 Å². The zero-order valence-electron chi connectivity index (χ0n) is 24.7. The molecule has 1 N–H and O–H groups in total. The van der Waals surface area contributed by atoms with Crippen LogP contribution in [-0.2, 0) is 32.6 Å². The van der Waals surface area contributed by atoms with E-state index >= 15 is 0 Å². The number of hydrogen-bond acceptors (Lipinski definition) is 4. The maximum atomic E-state index is 14.5. The number of sulfonamides is 1. The molecule has 2 amide bonds. The molecule has 1 atom stereocenters. The molecule has 0 bridgehead atoms. The van der Waals surface area contributed by atoms with Gasteiger partial charge in [0.05, 0.1) is 22.0 Å². The molecular weight excluding hydrogens is 624 g/mol. The lowest BCUT2D eigenvalue weighted by atomic mass is 9.94. The third-order valence-electron chi connectivity index (χ3n) is 7.83. The van der Waals surface area contributed by atoms with E-state index in [2.05, 4.69) is 5.32 Å². The Hall–Kier alpha value is -3.14. The van der Waals surface area contributed by atoms with Crippen molar-refractivity contribution in [2.75, 3.05) is 17.1 Å². The highest BCUT2D eigenvalue weighted by atomic mass is 35.5. The first-order valence-electron chi connectivity index (χ1n) is 14.8. The molecule has 0 spiro atoms. The van der Waals surface area contributed by atoms with Gasteiger partial charge >= 0.3 is 0 Å². The van der Waals surface area contributed by atoms with E-state index in [1.54, 1.807) is 29.2 Å². The zero-order chi connectivity index (χ0) is 31.7. The summed E-state index contributed by atoms with van der Waals surface area (Å²) in [6, 6.07) is 19.4. The minimum absolute atomic E-state index is 0.0422. The number of hydrogen-bond donors (Lipinski definition) is 1. The van der Waals surface area contributed by atoms with Crippen LogP contribution in [0, 0.1) is 5.82 Å². The van der Waals surface area contributed by atoms with Crippen molar-refractivity contribution in [3.63, 3.8) is 0 Å². The second kappa shape index (κ2) is 15.7. The van der Waals surface area contributed by atoms with Crippen molar-refractivity contribution >= 4 is 50.7 Å². The van der Waals surface area contributed by atoms with Crippen LogP contribution in [-0.4, -0.2) is 50.0 Å². The summed E-state index contributed by atoms with van der Waals surface area (Å²) < 4.78 is 40.6. The van der Waals surface area contributed by atoms with Crippen molar-refractivity contribution in [3.05, 3.63) is 99.8 Å². The largest absolute Gasteiger partial charge is 0.352 e. The molecule has 0 aromatic heterocycles. The smallest absolute Gasteiger partial charge is 0.243 e. The number of rotatable bonds is 13. The molecule has 3 aromatic carbocycles. The number of anilines is 1. The van der Waals surface area contributed by atoms with Gasteiger partial charge in [0.25, 0.3) is 0 Å². The SMILES string of the molecule is CS(=O)(=O)N(CCCC(=O)N(Cc1ccc(Cl)c(Cl)c1)[C@@H](Cc1ccccc1)C(=O)NC1CCCCC1)c1ccccc1F. The van der Waals surface area contributed by atoms with Gasteiger partial charge in [-0.1, -0.05) is 91.0 Å². The van der Waals surface area contributed by atoms with Crippen LogP contribution in [0.25, 0.3) is 0 Å². The fourth-order valence-electron chi connectivity index (χ4n) is 5.57. The minimum atomic E-state index is -3.83. The Kier molecular flexibility index (Phi) is 12.1. The van der Waals surface area contributed by atoms with Gasteiger partial charge in [0, 0.05) is 32.0 Å². The standard InChI is InChI=1S/C33H38Cl2FN3O4S/c1-44(42,43)39(30-16-9-8-15-29(30)36)20-10-17-32(40)38(23-25-18-19-27(34)28(35)21-25)31(22-24-11-4-2-5-12-24)33(41)37-26-13-6-3-7-14-26/h2,4-5,8-9,11-12,15-16,18-19,21,26,31H,3,6-7,10,13-14,17,20,22-23H2,1H3,(H,37,41)/t31-/m0/s1. The van der Waals surface area contributed by atoms with Gasteiger partial charge in [-0.3, -0.25) is 13.9 Å². The molecule has 0 heterocycles. The first-order valence-corrected chi connectivity index (χ1v) is 17.4. The molecule has 1 saturated carbocycles. The quantitative estimate of drug-likeness (QED) is 0.219. The Morgan fingerprint density at radius 3 is 2.27 bits per heavy atom. The van der Waals surface area contributed by atoms with Gasteiger partial charge in [0.1, 0.15) is 11.9 Å². The molecule has 44 heavy (non-hydrogen) atoms. The molecule has 0 unspecified atom stereocenters. The first-order chi connectivity index (χ1) is 21.0. The molecule has 1 aliphatic carbocycles. The van der Waals surface area contributed by atoms with E-state index in [4.69, 9.17) is 23.2 Å². The van der Waals surface area contributed by atoms with E-state index in [1.165, 1.54) is 18.2 Å². The Balaban J connectivity index is 1.61. The maximum Gasteiger partial charge on any atom is 0.243 e. The first kappa shape index (κ1) is 33.7. The highest BCUT2D eigenvalue weighted by Crippen LogP contribution is 2.26. The number of nitrogens with one attached hydrogen (secondary N) is 1. The predicted molar refractivity (Wildman–Crippen MR) is 174 cm³/mol. The molecule has 3 aromatic rings. The fourth-order valence-corrected chi connectivity index (χ4v) is 6.86. The fraction of sp³-hybridized carbons (Fsp3) is 0.394. The van der Waals surface area contributed by atoms with Crippen molar-refractivity contribution in [1.29, 1.82) is 0 Å². The molecule has 1 aliphatic rings. The van der Waals surface area contributed by atoms with E-state index < -0.39 is 21.9 Å². The third kappa shape index (κ3) is 9.43. The molecule has 236 valence electrons. The van der Waals surface area contributed by atoms with Crippen LogP contribution in [0.3, 0.4) is 0 Å². The van der Waals surface area contributed by atoms with Crippen LogP contribution < -0.4 is 9.62 Å². The Morgan fingerprint density at radius 2 is 1.61 bits per heavy atom. The van der Waals surface area contributed by atoms with E-state index in [0.717, 1.165) is 48.2 Å². The number of nitrogens with zero attached hydrogens (tertiary/aromatic N) is 2. The van der Waals surface area contributed by atoms with E-state index in [1.807, 2.05) is 30.3 Å². The maximum absolute atomic E-state index is 14.5. The summed E-state index contributed by atoms with van der Waals surface area (Å²) in [6.07, 6.45) is 6.34. The van der Waals surface area contributed by atoms with Crippen LogP contribution in [0.5, 0.6) is 0 Å². The molecule has 11 heteroatoms. The summed E-state index contributed by atoms with van der Waals surface area (Å²) in [5.41, 5.74) is 1.51. The Bertz CT molecular complexity index is 1530. The van der Waals surface area contributed by atoms with Gasteiger partial charge in [-0.05, 0) is 54.7 Å². The number of carbonyl (C=O) groups is 2. The summed E-state index contributed by atoms with van der Waals surface area (Å²) in [5, 5.41) is 3.90. The second-order valence-electron chi connectivity index (χ2n) is 11.2. The predicted octanol–water partition coefficient (Wildman–Crippen LogP) is 6.77. The van der Waals surface area contributed by atoms with Gasteiger partial charge in [-0.2, -0.15) is 0 Å². The van der Waals surface area contributed by atoms with Crippen LogP contribution >= 0.6 is 23.2 Å². The number of halogens is 3. The molecule has 7 nitrogen and oxygen atoms in total. The topological polar surface area (TPSA) is 86.8 Å². The second-order valence-corrected chi connectivity index (χ2v) is 13.9. The van der Waals surface area contributed by atoms with Crippen LogP contribution in [0.1, 0.15) is 56.1 Å². The third-order valence-corrected chi connectivity index (χ3v) is 9.75. The van der Waals surface area contributed by atoms with Gasteiger partial charge < -0.3 is 10.2 Å². The summed E-state index contributed by atoms with van der Waals surface area (Å²) in [4.78, 5) is 29.5. The Labute approximate surface area is 269 Å².